The van der Waals surface area contributed by atoms with Gasteiger partial charge in [0.15, 0.2) is 5.69 Å². The van der Waals surface area contributed by atoms with Gasteiger partial charge in [0.1, 0.15) is 5.15 Å². The molecule has 2 aromatic heterocycles. The van der Waals surface area contributed by atoms with Crippen LogP contribution in [0.5, 0.6) is 0 Å². The Morgan fingerprint density at radius 3 is 2.84 bits per heavy atom. The highest BCUT2D eigenvalue weighted by molar-refractivity contribution is 6.29. The number of pyridine rings is 1. The summed E-state index contributed by atoms with van der Waals surface area (Å²) in [5.41, 5.74) is 1.74. The Labute approximate surface area is 113 Å². The molecule has 19 heavy (non-hydrogen) atoms. The highest BCUT2D eigenvalue weighted by Gasteiger charge is 2.13. The molecule has 3 rings (SSSR count). The lowest BCUT2D eigenvalue weighted by atomic mass is 10.2. The highest BCUT2D eigenvalue weighted by Crippen LogP contribution is 2.17. The summed E-state index contributed by atoms with van der Waals surface area (Å²) in [5.74, 6) is -0.290. The second kappa shape index (κ2) is 4.70. The van der Waals surface area contributed by atoms with Crippen LogP contribution >= 0.6 is 11.6 Å². The molecule has 6 heteroatoms. The highest BCUT2D eigenvalue weighted by atomic mass is 35.5. The van der Waals surface area contributed by atoms with Gasteiger partial charge >= 0.3 is 0 Å². The maximum Gasteiger partial charge on any atom is 0.276 e. The van der Waals surface area contributed by atoms with Crippen LogP contribution in [0.2, 0.25) is 5.15 Å². The van der Waals surface area contributed by atoms with E-state index >= 15 is 0 Å². The fourth-order valence-corrected chi connectivity index (χ4v) is 1.89. The number of amides is 1. The van der Waals surface area contributed by atoms with Gasteiger partial charge in [0.05, 0.1) is 17.4 Å². The van der Waals surface area contributed by atoms with Gasteiger partial charge < -0.3 is 5.32 Å². The van der Waals surface area contributed by atoms with E-state index in [1.54, 1.807) is 12.1 Å². The summed E-state index contributed by atoms with van der Waals surface area (Å²) in [6.07, 6.45) is 1.50. The van der Waals surface area contributed by atoms with Crippen LogP contribution in [0.3, 0.4) is 0 Å². The number of halogens is 1. The Kier molecular flexibility index (Phi) is 2.89. The van der Waals surface area contributed by atoms with Crippen molar-refractivity contribution in [3.8, 4) is 0 Å². The number of hydrogen-bond donors (Lipinski definition) is 2. The van der Waals surface area contributed by atoms with Crippen molar-refractivity contribution < 1.29 is 4.79 Å². The number of benzene rings is 1. The first kappa shape index (κ1) is 11.7. The maximum absolute atomic E-state index is 12.1. The molecule has 3 aromatic rings. The molecule has 0 atom stereocenters. The van der Waals surface area contributed by atoms with Gasteiger partial charge in [0.25, 0.3) is 5.91 Å². The van der Waals surface area contributed by atoms with E-state index in [0.717, 1.165) is 10.9 Å². The van der Waals surface area contributed by atoms with Crippen LogP contribution in [0, 0.1) is 0 Å². The molecule has 5 nitrogen and oxygen atoms in total. The largest absolute Gasteiger partial charge is 0.319 e. The second-order valence-corrected chi connectivity index (χ2v) is 4.33. The van der Waals surface area contributed by atoms with E-state index in [9.17, 15) is 4.79 Å². The fraction of sp³-hybridized carbons (Fsp3) is 0. The predicted octanol–water partition coefficient (Wildman–Crippen LogP) is 2.86. The van der Waals surface area contributed by atoms with Gasteiger partial charge in [-0.1, -0.05) is 29.8 Å². The summed E-state index contributed by atoms with van der Waals surface area (Å²) in [6.45, 7) is 0. The van der Waals surface area contributed by atoms with Crippen LogP contribution in [0.1, 0.15) is 10.5 Å². The molecule has 0 aliphatic carbocycles. The first-order valence-electron chi connectivity index (χ1n) is 5.60. The third-order valence-electron chi connectivity index (χ3n) is 2.67. The zero-order valence-corrected chi connectivity index (χ0v) is 10.5. The van der Waals surface area contributed by atoms with Gasteiger partial charge in [0, 0.05) is 5.39 Å². The Hall–Kier alpha value is -2.40. The molecule has 2 heterocycles. The summed E-state index contributed by atoms with van der Waals surface area (Å²) >= 11 is 5.68. The van der Waals surface area contributed by atoms with Gasteiger partial charge in [-0.3, -0.25) is 9.89 Å². The number of rotatable bonds is 2. The Bertz CT molecular complexity index is 736. The van der Waals surface area contributed by atoms with E-state index in [1.165, 1.54) is 6.20 Å². The molecule has 0 saturated heterocycles. The van der Waals surface area contributed by atoms with Gasteiger partial charge in [-0.2, -0.15) is 5.10 Å². The summed E-state index contributed by atoms with van der Waals surface area (Å²) in [5, 5.41) is 10.7. The predicted molar refractivity (Wildman–Crippen MR) is 73.3 cm³/mol. The molecule has 0 saturated carbocycles. The standard InChI is InChI=1S/C13H9ClN4O/c14-11-6-5-8(7-15-11)16-13(19)12-9-3-1-2-4-10(9)17-18-12/h1-7H,(H,16,19)(H,17,18). The Morgan fingerprint density at radius 2 is 2.05 bits per heavy atom. The molecule has 2 N–H and O–H groups in total. The third kappa shape index (κ3) is 2.28. The van der Waals surface area contributed by atoms with Crippen LogP contribution in [0.15, 0.2) is 42.6 Å². The third-order valence-corrected chi connectivity index (χ3v) is 2.89. The monoisotopic (exact) mass is 272 g/mol. The molecule has 0 unspecified atom stereocenters. The molecule has 94 valence electrons. The minimum Gasteiger partial charge on any atom is -0.319 e. The van der Waals surface area contributed by atoms with Gasteiger partial charge in [-0.15, -0.1) is 0 Å². The van der Waals surface area contributed by atoms with Gasteiger partial charge in [0.2, 0.25) is 0 Å². The fourth-order valence-electron chi connectivity index (χ4n) is 1.78. The second-order valence-electron chi connectivity index (χ2n) is 3.94. The van der Waals surface area contributed by atoms with Crippen LogP contribution in [0.25, 0.3) is 10.9 Å². The van der Waals surface area contributed by atoms with E-state index < -0.39 is 0 Å². The Morgan fingerprint density at radius 1 is 1.21 bits per heavy atom. The summed E-state index contributed by atoms with van der Waals surface area (Å²) in [4.78, 5) is 16.0. The lowest BCUT2D eigenvalue weighted by Gasteiger charge is -2.02. The Balaban J connectivity index is 1.90. The number of fused-ring (bicyclic) bond motifs is 1. The van der Waals surface area contributed by atoms with Crippen molar-refractivity contribution in [3.05, 3.63) is 53.4 Å². The molecule has 0 spiro atoms. The van der Waals surface area contributed by atoms with Crippen molar-refractivity contribution in [2.45, 2.75) is 0 Å². The first-order chi connectivity index (χ1) is 9.24. The molecule has 0 aliphatic heterocycles. The number of carbonyl (C=O) groups is 1. The quantitative estimate of drug-likeness (QED) is 0.705. The smallest absolute Gasteiger partial charge is 0.276 e. The molecular formula is C13H9ClN4O. The molecule has 0 bridgehead atoms. The minimum absolute atomic E-state index is 0.290. The lowest BCUT2D eigenvalue weighted by molar-refractivity contribution is 0.102. The minimum atomic E-state index is -0.290. The molecule has 1 aromatic carbocycles. The van der Waals surface area contributed by atoms with Crippen molar-refractivity contribution in [2.75, 3.05) is 5.32 Å². The molecule has 0 aliphatic rings. The van der Waals surface area contributed by atoms with Crippen molar-refractivity contribution in [1.82, 2.24) is 15.2 Å². The van der Waals surface area contributed by atoms with Crippen molar-refractivity contribution >= 4 is 34.1 Å². The van der Waals surface area contributed by atoms with Crippen molar-refractivity contribution in [3.63, 3.8) is 0 Å². The van der Waals surface area contributed by atoms with E-state index in [1.807, 2.05) is 24.3 Å². The number of carbonyl (C=O) groups excluding carboxylic acids is 1. The SMILES string of the molecule is O=C(Nc1ccc(Cl)nc1)c1n[nH]c2ccccc12. The van der Waals surface area contributed by atoms with E-state index in [0.29, 0.717) is 16.5 Å². The number of anilines is 1. The van der Waals surface area contributed by atoms with Crippen LogP contribution < -0.4 is 5.32 Å². The number of aromatic amines is 1. The number of para-hydroxylation sites is 1. The number of H-pyrrole nitrogens is 1. The maximum atomic E-state index is 12.1. The molecule has 1 amide bonds. The average molecular weight is 273 g/mol. The van der Waals surface area contributed by atoms with Gasteiger partial charge in [-0.25, -0.2) is 4.98 Å². The van der Waals surface area contributed by atoms with Crippen molar-refractivity contribution in [1.29, 1.82) is 0 Å². The average Bonchev–Trinajstić information content (AvgIpc) is 2.85. The van der Waals surface area contributed by atoms with E-state index in [-0.39, 0.29) is 5.91 Å². The van der Waals surface area contributed by atoms with Crippen molar-refractivity contribution in [2.24, 2.45) is 0 Å². The molecule has 0 fully saturated rings. The number of aromatic nitrogens is 3. The number of nitrogens with one attached hydrogen (secondary N) is 2. The van der Waals surface area contributed by atoms with Crippen LogP contribution in [-0.4, -0.2) is 21.1 Å². The topological polar surface area (TPSA) is 70.7 Å². The number of hydrogen-bond acceptors (Lipinski definition) is 3. The van der Waals surface area contributed by atoms with Crippen LogP contribution in [-0.2, 0) is 0 Å². The normalized spacial score (nSPS) is 10.6. The van der Waals surface area contributed by atoms with E-state index in [4.69, 9.17) is 11.6 Å². The zero-order chi connectivity index (χ0) is 13.2. The summed E-state index contributed by atoms with van der Waals surface area (Å²) in [6, 6.07) is 10.7. The lowest BCUT2D eigenvalue weighted by Crippen LogP contribution is -2.12. The molecular weight excluding hydrogens is 264 g/mol. The van der Waals surface area contributed by atoms with Gasteiger partial charge in [-0.05, 0) is 18.2 Å². The first-order valence-corrected chi connectivity index (χ1v) is 5.98. The summed E-state index contributed by atoms with van der Waals surface area (Å²) < 4.78 is 0. The number of nitrogens with zero attached hydrogens (tertiary/aromatic N) is 2. The summed E-state index contributed by atoms with van der Waals surface area (Å²) in [7, 11) is 0. The van der Waals surface area contributed by atoms with Crippen LogP contribution in [0.4, 0.5) is 5.69 Å². The van der Waals surface area contributed by atoms with E-state index in [2.05, 4.69) is 20.5 Å². The zero-order valence-electron chi connectivity index (χ0n) is 9.72. The molecule has 0 radical (unpaired) electrons.